The highest BCUT2D eigenvalue weighted by atomic mass is 32.1. The maximum absolute atomic E-state index is 5.02. The van der Waals surface area contributed by atoms with E-state index in [9.17, 15) is 0 Å². The smallest absolute Gasteiger partial charge is 0.191 e. The van der Waals surface area contributed by atoms with E-state index in [2.05, 4.69) is 47.0 Å². The fraction of sp³-hybridized carbons (Fsp3) is 0.643. The Bertz CT molecular complexity index is 352. The fourth-order valence-corrected chi connectivity index (χ4v) is 2.57. The van der Waals surface area contributed by atoms with Crippen LogP contribution in [0, 0.1) is 5.92 Å². The third-order valence-corrected chi connectivity index (χ3v) is 3.53. The minimum Gasteiger partial charge on any atom is -0.383 e. The summed E-state index contributed by atoms with van der Waals surface area (Å²) < 4.78 is 5.02. The summed E-state index contributed by atoms with van der Waals surface area (Å²) >= 11 is 1.82. The van der Waals surface area contributed by atoms with Crippen LogP contribution in [0.2, 0.25) is 0 Å². The molecule has 1 unspecified atom stereocenters. The third kappa shape index (κ3) is 7.18. The van der Waals surface area contributed by atoms with Crippen molar-refractivity contribution in [2.24, 2.45) is 10.9 Å². The molecule has 0 bridgehead atoms. The van der Waals surface area contributed by atoms with Gasteiger partial charge in [0, 0.05) is 31.6 Å². The van der Waals surface area contributed by atoms with Gasteiger partial charge in [-0.25, -0.2) is 0 Å². The van der Waals surface area contributed by atoms with E-state index in [4.69, 9.17) is 4.74 Å². The van der Waals surface area contributed by atoms with E-state index in [1.54, 1.807) is 7.11 Å². The van der Waals surface area contributed by atoms with Gasteiger partial charge < -0.3 is 15.4 Å². The molecule has 0 radical (unpaired) electrons. The molecule has 19 heavy (non-hydrogen) atoms. The Morgan fingerprint density at radius 2 is 2.32 bits per heavy atom. The second kappa shape index (κ2) is 9.81. The quantitative estimate of drug-likeness (QED) is 0.436. The van der Waals surface area contributed by atoms with Crippen molar-refractivity contribution in [2.75, 3.05) is 33.4 Å². The van der Waals surface area contributed by atoms with Crippen LogP contribution in [0.15, 0.2) is 22.5 Å². The number of rotatable bonds is 8. The third-order valence-electron chi connectivity index (χ3n) is 2.63. The minimum absolute atomic E-state index is 0.552. The lowest BCUT2D eigenvalue weighted by molar-refractivity contribution is 0.203. The molecule has 1 atom stereocenters. The average Bonchev–Trinajstić information content (AvgIpc) is 2.89. The average molecular weight is 283 g/mol. The molecule has 0 aromatic carbocycles. The largest absolute Gasteiger partial charge is 0.383 e. The lowest BCUT2D eigenvalue weighted by atomic mass is 10.1. The normalized spacial score (nSPS) is 13.3. The molecule has 108 valence electrons. The highest BCUT2D eigenvalue weighted by molar-refractivity contribution is 7.09. The summed E-state index contributed by atoms with van der Waals surface area (Å²) in [6, 6.07) is 4.29. The summed E-state index contributed by atoms with van der Waals surface area (Å²) in [5.74, 6) is 1.43. The van der Waals surface area contributed by atoms with Crippen LogP contribution < -0.4 is 10.6 Å². The van der Waals surface area contributed by atoms with E-state index in [1.165, 1.54) is 4.88 Å². The summed E-state index contributed by atoms with van der Waals surface area (Å²) in [4.78, 5) is 6.04. The van der Waals surface area contributed by atoms with Crippen molar-refractivity contribution in [3.8, 4) is 0 Å². The second-order valence-corrected chi connectivity index (χ2v) is 5.56. The molecule has 0 saturated carbocycles. The Morgan fingerprint density at radius 1 is 1.47 bits per heavy atom. The van der Waals surface area contributed by atoms with E-state index >= 15 is 0 Å². The predicted octanol–water partition coefficient (Wildman–Crippen LogP) is 2.13. The first-order valence-corrected chi connectivity index (χ1v) is 7.67. The summed E-state index contributed by atoms with van der Waals surface area (Å²) in [6.07, 6.45) is 1.10. The monoisotopic (exact) mass is 283 g/mol. The van der Waals surface area contributed by atoms with Crippen LogP contribution in [0.25, 0.3) is 0 Å². The van der Waals surface area contributed by atoms with Crippen molar-refractivity contribution >= 4 is 17.3 Å². The van der Waals surface area contributed by atoms with Gasteiger partial charge in [-0.15, -0.1) is 11.3 Å². The standard InChI is InChI=1S/C14H25N3OS/c1-4-15-14(16-7-8-18-3)17-11-12(2)10-13-6-5-9-19-13/h5-6,9,12H,4,7-8,10-11H2,1-3H3,(H2,15,16,17). The molecular weight excluding hydrogens is 258 g/mol. The van der Waals surface area contributed by atoms with Crippen molar-refractivity contribution in [1.29, 1.82) is 0 Å². The molecular formula is C14H25N3OS. The van der Waals surface area contributed by atoms with Crippen LogP contribution in [0.5, 0.6) is 0 Å². The summed E-state index contributed by atoms with van der Waals surface area (Å²) in [5, 5.41) is 8.62. The summed E-state index contributed by atoms with van der Waals surface area (Å²) in [7, 11) is 1.70. The summed E-state index contributed by atoms with van der Waals surface area (Å²) in [5.41, 5.74) is 0. The first-order valence-electron chi connectivity index (χ1n) is 6.79. The van der Waals surface area contributed by atoms with Gasteiger partial charge in [0.25, 0.3) is 0 Å². The number of nitrogens with zero attached hydrogens (tertiary/aromatic N) is 1. The van der Waals surface area contributed by atoms with Crippen LogP contribution in [0.3, 0.4) is 0 Å². The van der Waals surface area contributed by atoms with E-state index in [0.717, 1.165) is 32.0 Å². The van der Waals surface area contributed by atoms with Crippen LogP contribution in [0.4, 0.5) is 0 Å². The molecule has 1 aromatic heterocycles. The topological polar surface area (TPSA) is 45.7 Å². The number of hydrogen-bond acceptors (Lipinski definition) is 3. The number of aliphatic imine (C=N–C) groups is 1. The van der Waals surface area contributed by atoms with Gasteiger partial charge in [0.15, 0.2) is 5.96 Å². The van der Waals surface area contributed by atoms with Gasteiger partial charge in [0.2, 0.25) is 0 Å². The molecule has 0 amide bonds. The van der Waals surface area contributed by atoms with Crippen molar-refractivity contribution in [2.45, 2.75) is 20.3 Å². The Labute approximate surface area is 120 Å². The summed E-state index contributed by atoms with van der Waals surface area (Å²) in [6.45, 7) is 7.49. The van der Waals surface area contributed by atoms with Gasteiger partial charge in [-0.1, -0.05) is 13.0 Å². The number of guanidine groups is 1. The molecule has 0 saturated heterocycles. The Morgan fingerprint density at radius 3 is 2.95 bits per heavy atom. The molecule has 5 heteroatoms. The van der Waals surface area contributed by atoms with Crippen LogP contribution >= 0.6 is 11.3 Å². The van der Waals surface area contributed by atoms with Gasteiger partial charge in [0.1, 0.15) is 0 Å². The zero-order valence-electron chi connectivity index (χ0n) is 12.1. The molecule has 0 aliphatic carbocycles. The SMILES string of the molecule is CCNC(=NCC(C)Cc1cccs1)NCCOC. The Hall–Kier alpha value is -1.07. The number of nitrogens with one attached hydrogen (secondary N) is 2. The van der Waals surface area contributed by atoms with Crippen LogP contribution in [0.1, 0.15) is 18.7 Å². The van der Waals surface area contributed by atoms with Crippen molar-refractivity contribution in [3.63, 3.8) is 0 Å². The van der Waals surface area contributed by atoms with Gasteiger partial charge in [-0.3, -0.25) is 4.99 Å². The zero-order chi connectivity index (χ0) is 13.9. The second-order valence-electron chi connectivity index (χ2n) is 4.53. The Kier molecular flexibility index (Phi) is 8.25. The van der Waals surface area contributed by atoms with Crippen LogP contribution in [-0.4, -0.2) is 39.3 Å². The van der Waals surface area contributed by atoms with E-state index in [0.29, 0.717) is 12.5 Å². The molecule has 0 spiro atoms. The number of methoxy groups -OCH3 is 1. The first kappa shape index (κ1) is 16.0. The molecule has 1 aromatic rings. The highest BCUT2D eigenvalue weighted by Crippen LogP contribution is 2.14. The molecule has 1 heterocycles. The predicted molar refractivity (Wildman–Crippen MR) is 83.0 cm³/mol. The van der Waals surface area contributed by atoms with Gasteiger partial charge in [-0.2, -0.15) is 0 Å². The van der Waals surface area contributed by atoms with Crippen LogP contribution in [-0.2, 0) is 11.2 Å². The minimum atomic E-state index is 0.552. The molecule has 0 fully saturated rings. The zero-order valence-corrected chi connectivity index (χ0v) is 12.9. The van der Waals surface area contributed by atoms with Crippen molar-refractivity contribution < 1.29 is 4.74 Å². The maximum Gasteiger partial charge on any atom is 0.191 e. The van der Waals surface area contributed by atoms with E-state index in [-0.39, 0.29) is 0 Å². The number of thiophene rings is 1. The lowest BCUT2D eigenvalue weighted by Gasteiger charge is -2.12. The van der Waals surface area contributed by atoms with Gasteiger partial charge >= 0.3 is 0 Å². The van der Waals surface area contributed by atoms with E-state index < -0.39 is 0 Å². The van der Waals surface area contributed by atoms with Crippen molar-refractivity contribution in [1.82, 2.24) is 10.6 Å². The number of hydrogen-bond donors (Lipinski definition) is 2. The van der Waals surface area contributed by atoms with E-state index in [1.807, 2.05) is 11.3 Å². The van der Waals surface area contributed by atoms with Gasteiger partial charge in [-0.05, 0) is 30.7 Å². The van der Waals surface area contributed by atoms with Gasteiger partial charge in [0.05, 0.1) is 6.61 Å². The highest BCUT2D eigenvalue weighted by Gasteiger charge is 2.04. The lowest BCUT2D eigenvalue weighted by Crippen LogP contribution is -2.39. The maximum atomic E-state index is 5.02. The molecule has 4 nitrogen and oxygen atoms in total. The van der Waals surface area contributed by atoms with Crippen molar-refractivity contribution in [3.05, 3.63) is 22.4 Å². The fourth-order valence-electron chi connectivity index (χ4n) is 1.70. The molecule has 0 aliphatic heterocycles. The molecule has 1 rings (SSSR count). The molecule has 0 aliphatic rings. The number of ether oxygens (including phenoxy) is 1. The molecule has 2 N–H and O–H groups in total. The first-order chi connectivity index (χ1) is 9.26. The Balaban J connectivity index is 2.35.